The van der Waals surface area contributed by atoms with Crippen molar-refractivity contribution in [2.45, 2.75) is 17.7 Å². The Balaban J connectivity index is 2.23. The van der Waals surface area contributed by atoms with Gasteiger partial charge in [-0.05, 0) is 24.3 Å². The van der Waals surface area contributed by atoms with E-state index in [9.17, 15) is 21.6 Å². The summed E-state index contributed by atoms with van der Waals surface area (Å²) >= 11 is 5.76. The van der Waals surface area contributed by atoms with Gasteiger partial charge in [-0.1, -0.05) is 29.8 Å². The zero-order chi connectivity index (χ0) is 17.3. The lowest BCUT2D eigenvalue weighted by atomic mass is 10.2. The average Bonchev–Trinajstić information content (AvgIpc) is 2.44. The van der Waals surface area contributed by atoms with Crippen LogP contribution in [0.5, 0.6) is 5.75 Å². The molecule has 0 spiro atoms. The van der Waals surface area contributed by atoms with Crippen molar-refractivity contribution in [2.24, 2.45) is 5.14 Å². The van der Waals surface area contributed by atoms with Crippen LogP contribution in [0.25, 0.3) is 0 Å². The van der Waals surface area contributed by atoms with Crippen molar-refractivity contribution < 1.29 is 26.3 Å². The summed E-state index contributed by atoms with van der Waals surface area (Å²) in [6, 6.07) is 8.51. The molecular weight excluding hydrogens is 355 g/mol. The quantitative estimate of drug-likeness (QED) is 0.900. The van der Waals surface area contributed by atoms with Gasteiger partial charge in [-0.15, -0.1) is 0 Å². The minimum Gasteiger partial charge on any atom is -0.487 e. The fourth-order valence-corrected chi connectivity index (χ4v) is 2.85. The van der Waals surface area contributed by atoms with Gasteiger partial charge in [0.05, 0.1) is 15.5 Å². The van der Waals surface area contributed by atoms with Crippen LogP contribution in [0.2, 0.25) is 5.02 Å². The van der Waals surface area contributed by atoms with Gasteiger partial charge in [0.2, 0.25) is 10.0 Å². The van der Waals surface area contributed by atoms with E-state index in [-0.39, 0.29) is 27.8 Å². The van der Waals surface area contributed by atoms with Crippen LogP contribution in [0.1, 0.15) is 11.1 Å². The highest BCUT2D eigenvalue weighted by Gasteiger charge is 2.31. The normalized spacial score (nSPS) is 12.2. The number of halogens is 4. The minimum atomic E-state index is -4.51. The van der Waals surface area contributed by atoms with E-state index in [0.717, 1.165) is 18.2 Å². The maximum absolute atomic E-state index is 12.6. The molecule has 0 aliphatic heterocycles. The first-order chi connectivity index (χ1) is 10.6. The molecule has 0 saturated carbocycles. The second-order valence-electron chi connectivity index (χ2n) is 4.58. The topological polar surface area (TPSA) is 69.4 Å². The number of alkyl halides is 3. The fourth-order valence-electron chi connectivity index (χ4n) is 1.85. The number of benzene rings is 2. The van der Waals surface area contributed by atoms with Gasteiger partial charge in [0, 0.05) is 5.56 Å². The largest absolute Gasteiger partial charge is 0.487 e. The zero-order valence-electron chi connectivity index (χ0n) is 11.5. The summed E-state index contributed by atoms with van der Waals surface area (Å²) in [5.41, 5.74) is -0.634. The number of hydrogen-bond acceptors (Lipinski definition) is 3. The monoisotopic (exact) mass is 365 g/mol. The van der Waals surface area contributed by atoms with Gasteiger partial charge >= 0.3 is 6.18 Å². The van der Waals surface area contributed by atoms with Gasteiger partial charge in [0.25, 0.3) is 0 Å². The van der Waals surface area contributed by atoms with E-state index in [0.29, 0.717) is 0 Å². The van der Waals surface area contributed by atoms with Crippen LogP contribution in [-0.2, 0) is 22.8 Å². The number of sulfonamides is 1. The molecular formula is C14H11ClF3NO3S. The minimum absolute atomic E-state index is 0.00360. The molecule has 9 heteroatoms. The van der Waals surface area contributed by atoms with Gasteiger partial charge < -0.3 is 4.74 Å². The van der Waals surface area contributed by atoms with Crippen LogP contribution in [0.3, 0.4) is 0 Å². The van der Waals surface area contributed by atoms with Gasteiger partial charge in [-0.3, -0.25) is 0 Å². The van der Waals surface area contributed by atoms with Crippen molar-refractivity contribution in [1.29, 1.82) is 0 Å². The third-order valence-corrected chi connectivity index (χ3v) is 4.23. The highest BCUT2D eigenvalue weighted by molar-refractivity contribution is 7.89. The van der Waals surface area contributed by atoms with E-state index in [4.69, 9.17) is 21.5 Å². The Bertz CT molecular complexity index is 822. The number of nitrogens with two attached hydrogens (primary N) is 1. The van der Waals surface area contributed by atoms with Crippen LogP contribution < -0.4 is 9.88 Å². The second kappa shape index (κ2) is 6.38. The lowest BCUT2D eigenvalue weighted by Gasteiger charge is -2.12. The molecule has 0 bridgehead atoms. The third kappa shape index (κ3) is 4.37. The van der Waals surface area contributed by atoms with E-state index >= 15 is 0 Å². The van der Waals surface area contributed by atoms with Crippen LogP contribution in [0, 0.1) is 0 Å². The maximum Gasteiger partial charge on any atom is 0.416 e. The van der Waals surface area contributed by atoms with E-state index in [1.807, 2.05) is 0 Å². The molecule has 0 aliphatic carbocycles. The number of rotatable bonds is 4. The number of ether oxygens (including phenoxy) is 1. The lowest BCUT2D eigenvalue weighted by molar-refractivity contribution is -0.137. The average molecular weight is 366 g/mol. The van der Waals surface area contributed by atoms with Crippen molar-refractivity contribution in [3.05, 3.63) is 58.6 Å². The Labute approximate surface area is 135 Å². The molecule has 0 aromatic heterocycles. The predicted octanol–water partition coefficient (Wildman–Crippen LogP) is 3.59. The predicted molar refractivity (Wildman–Crippen MR) is 78.6 cm³/mol. The molecule has 0 unspecified atom stereocenters. The summed E-state index contributed by atoms with van der Waals surface area (Å²) in [5.74, 6) is 0.00360. The second-order valence-corrected chi connectivity index (χ2v) is 6.52. The van der Waals surface area contributed by atoms with E-state index in [1.54, 1.807) is 6.07 Å². The SMILES string of the molecule is NS(=O)(=O)c1ccccc1COc1ccc(C(F)(F)F)cc1Cl. The summed E-state index contributed by atoms with van der Waals surface area (Å²) in [6.45, 7) is -0.211. The maximum atomic E-state index is 12.6. The molecule has 23 heavy (non-hydrogen) atoms. The summed E-state index contributed by atoms with van der Waals surface area (Å²) in [4.78, 5) is -0.122. The summed E-state index contributed by atoms with van der Waals surface area (Å²) < 4.78 is 65.9. The van der Waals surface area contributed by atoms with E-state index < -0.39 is 21.8 Å². The molecule has 0 saturated heterocycles. The molecule has 0 aliphatic rings. The Kier molecular flexibility index (Phi) is 4.88. The number of hydrogen-bond donors (Lipinski definition) is 1. The van der Waals surface area contributed by atoms with E-state index in [2.05, 4.69) is 0 Å². The molecule has 0 amide bonds. The summed E-state index contributed by atoms with van der Waals surface area (Å²) in [7, 11) is -3.94. The van der Waals surface area contributed by atoms with Crippen molar-refractivity contribution in [3.8, 4) is 5.75 Å². The molecule has 2 rings (SSSR count). The first-order valence-electron chi connectivity index (χ1n) is 6.19. The molecule has 0 atom stereocenters. The Morgan fingerprint density at radius 1 is 1.13 bits per heavy atom. The highest BCUT2D eigenvalue weighted by Crippen LogP contribution is 2.35. The van der Waals surface area contributed by atoms with Crippen molar-refractivity contribution in [3.63, 3.8) is 0 Å². The molecule has 0 heterocycles. The van der Waals surface area contributed by atoms with Crippen LogP contribution in [0.15, 0.2) is 47.4 Å². The first kappa shape index (κ1) is 17.6. The molecule has 4 nitrogen and oxygen atoms in total. The van der Waals surface area contributed by atoms with Gasteiger partial charge in [0.1, 0.15) is 12.4 Å². The zero-order valence-corrected chi connectivity index (χ0v) is 13.0. The van der Waals surface area contributed by atoms with Gasteiger partial charge in [-0.2, -0.15) is 13.2 Å². The fraction of sp³-hybridized carbons (Fsp3) is 0.143. The summed E-state index contributed by atoms with van der Waals surface area (Å²) in [6.07, 6.45) is -4.51. The number of primary sulfonamides is 1. The Hall–Kier alpha value is -1.77. The van der Waals surface area contributed by atoms with E-state index in [1.165, 1.54) is 18.2 Å². The van der Waals surface area contributed by atoms with Crippen LogP contribution >= 0.6 is 11.6 Å². The Morgan fingerprint density at radius 3 is 2.35 bits per heavy atom. The van der Waals surface area contributed by atoms with Gasteiger partial charge in [0.15, 0.2) is 0 Å². The molecule has 2 aromatic rings. The van der Waals surface area contributed by atoms with Crippen molar-refractivity contribution in [2.75, 3.05) is 0 Å². The molecule has 2 aromatic carbocycles. The first-order valence-corrected chi connectivity index (χ1v) is 8.12. The van der Waals surface area contributed by atoms with Crippen molar-refractivity contribution in [1.82, 2.24) is 0 Å². The molecule has 0 fully saturated rings. The molecule has 124 valence electrons. The lowest BCUT2D eigenvalue weighted by Crippen LogP contribution is -2.15. The highest BCUT2D eigenvalue weighted by atomic mass is 35.5. The van der Waals surface area contributed by atoms with Crippen LogP contribution in [0.4, 0.5) is 13.2 Å². The Morgan fingerprint density at radius 2 is 1.78 bits per heavy atom. The summed E-state index contributed by atoms with van der Waals surface area (Å²) in [5, 5.41) is 4.86. The third-order valence-electron chi connectivity index (χ3n) is 2.92. The van der Waals surface area contributed by atoms with Crippen molar-refractivity contribution >= 4 is 21.6 Å². The van der Waals surface area contributed by atoms with Gasteiger partial charge in [-0.25, -0.2) is 13.6 Å². The van der Waals surface area contributed by atoms with Crippen LogP contribution in [-0.4, -0.2) is 8.42 Å². The molecule has 2 N–H and O–H groups in total. The smallest absolute Gasteiger partial charge is 0.416 e. The molecule has 0 radical (unpaired) electrons. The standard InChI is InChI=1S/C14H11ClF3NO3S/c15-11-7-10(14(16,17)18)5-6-12(11)22-8-9-3-1-2-4-13(9)23(19,20)21/h1-7H,8H2,(H2,19,20,21).